The van der Waals surface area contributed by atoms with Crippen molar-refractivity contribution in [3.63, 3.8) is 0 Å². The SMILES string of the molecule is CCn1ncc2c(-c3ccnc(Cl)c3)c(C#N)c(C(C)C)nc21. The molecular formula is C17H16ClN5. The number of pyridine rings is 2. The number of nitriles is 1. The topological polar surface area (TPSA) is 67.4 Å². The van der Waals surface area contributed by atoms with Crippen molar-refractivity contribution in [3.8, 4) is 17.2 Å². The third-order valence-electron chi connectivity index (χ3n) is 3.79. The Morgan fingerprint density at radius 2 is 2.17 bits per heavy atom. The van der Waals surface area contributed by atoms with Gasteiger partial charge in [-0.2, -0.15) is 10.4 Å². The highest BCUT2D eigenvalue weighted by molar-refractivity contribution is 6.29. The van der Waals surface area contributed by atoms with Crippen molar-refractivity contribution >= 4 is 22.6 Å². The first kappa shape index (κ1) is 15.4. The molecule has 116 valence electrons. The van der Waals surface area contributed by atoms with Gasteiger partial charge in [-0.25, -0.2) is 14.6 Å². The maximum atomic E-state index is 9.74. The van der Waals surface area contributed by atoms with Crippen LogP contribution in [0, 0.1) is 11.3 Å². The summed E-state index contributed by atoms with van der Waals surface area (Å²) in [6, 6.07) is 5.94. The molecule has 23 heavy (non-hydrogen) atoms. The molecule has 0 spiro atoms. The molecule has 0 saturated heterocycles. The lowest BCUT2D eigenvalue weighted by molar-refractivity contribution is 0.673. The fourth-order valence-corrected chi connectivity index (χ4v) is 2.90. The average Bonchev–Trinajstić information content (AvgIpc) is 2.95. The first-order chi connectivity index (χ1) is 11.1. The molecule has 3 heterocycles. The van der Waals surface area contributed by atoms with Crippen LogP contribution in [-0.4, -0.2) is 19.7 Å². The van der Waals surface area contributed by atoms with Crippen LogP contribution in [0.15, 0.2) is 24.5 Å². The molecule has 0 N–H and O–H groups in total. The van der Waals surface area contributed by atoms with Gasteiger partial charge in [0.05, 0.1) is 17.5 Å². The Hall–Kier alpha value is -2.45. The standard InChI is InChI=1S/C17H16ClN5/c1-4-23-17-13(9-21-23)15(11-5-6-20-14(18)7-11)12(8-19)16(22-17)10(2)3/h5-7,9-10H,4H2,1-3H3. The van der Waals surface area contributed by atoms with Crippen LogP contribution in [-0.2, 0) is 6.54 Å². The fourth-order valence-electron chi connectivity index (χ4n) is 2.73. The lowest BCUT2D eigenvalue weighted by Crippen LogP contribution is -2.04. The Morgan fingerprint density at radius 1 is 1.39 bits per heavy atom. The molecule has 0 fully saturated rings. The van der Waals surface area contributed by atoms with E-state index in [9.17, 15) is 5.26 Å². The van der Waals surface area contributed by atoms with Crippen LogP contribution in [0.2, 0.25) is 5.15 Å². The van der Waals surface area contributed by atoms with Gasteiger partial charge in [0.1, 0.15) is 11.2 Å². The lowest BCUT2D eigenvalue weighted by Gasteiger charge is -2.14. The quantitative estimate of drug-likeness (QED) is 0.678. The van der Waals surface area contributed by atoms with E-state index in [4.69, 9.17) is 16.6 Å². The Bertz CT molecular complexity index is 921. The van der Waals surface area contributed by atoms with Crippen LogP contribution in [0.4, 0.5) is 0 Å². The van der Waals surface area contributed by atoms with Crippen LogP contribution in [0.25, 0.3) is 22.2 Å². The van der Waals surface area contributed by atoms with Crippen molar-refractivity contribution in [2.45, 2.75) is 33.2 Å². The summed E-state index contributed by atoms with van der Waals surface area (Å²) in [5.41, 5.74) is 3.82. The van der Waals surface area contributed by atoms with Crippen molar-refractivity contribution < 1.29 is 0 Å². The molecule has 0 aliphatic carbocycles. The van der Waals surface area contributed by atoms with E-state index in [1.54, 1.807) is 18.5 Å². The number of rotatable bonds is 3. The zero-order chi connectivity index (χ0) is 16.6. The molecule has 3 aromatic heterocycles. The molecule has 0 atom stereocenters. The number of aromatic nitrogens is 4. The van der Waals surface area contributed by atoms with Crippen LogP contribution in [0.3, 0.4) is 0 Å². The molecule has 0 aliphatic rings. The summed E-state index contributed by atoms with van der Waals surface area (Å²) >= 11 is 6.05. The van der Waals surface area contributed by atoms with Crippen molar-refractivity contribution in [3.05, 3.63) is 40.9 Å². The molecule has 0 unspecified atom stereocenters. The maximum absolute atomic E-state index is 9.74. The second-order valence-electron chi connectivity index (χ2n) is 5.58. The van der Waals surface area contributed by atoms with E-state index in [0.717, 1.165) is 34.4 Å². The second kappa shape index (κ2) is 5.98. The third kappa shape index (κ3) is 2.55. The van der Waals surface area contributed by atoms with Gasteiger partial charge in [0.2, 0.25) is 0 Å². The molecule has 0 saturated carbocycles. The van der Waals surface area contributed by atoms with E-state index in [1.807, 2.05) is 31.5 Å². The molecule has 3 rings (SSSR count). The van der Waals surface area contributed by atoms with Crippen LogP contribution < -0.4 is 0 Å². The summed E-state index contributed by atoms with van der Waals surface area (Å²) in [4.78, 5) is 8.74. The van der Waals surface area contributed by atoms with E-state index in [1.165, 1.54) is 0 Å². The lowest BCUT2D eigenvalue weighted by atomic mass is 9.94. The van der Waals surface area contributed by atoms with Crippen molar-refractivity contribution in [1.29, 1.82) is 5.26 Å². The zero-order valence-electron chi connectivity index (χ0n) is 13.2. The third-order valence-corrected chi connectivity index (χ3v) is 3.99. The van der Waals surface area contributed by atoms with Crippen LogP contribution >= 0.6 is 11.6 Å². The van der Waals surface area contributed by atoms with E-state index < -0.39 is 0 Å². The minimum absolute atomic E-state index is 0.130. The molecule has 0 amide bonds. The highest BCUT2D eigenvalue weighted by Crippen LogP contribution is 2.35. The number of nitrogens with zero attached hydrogens (tertiary/aromatic N) is 5. The number of hydrogen-bond acceptors (Lipinski definition) is 4. The Morgan fingerprint density at radius 3 is 2.78 bits per heavy atom. The summed E-state index contributed by atoms with van der Waals surface area (Å²) in [6.45, 7) is 6.80. The minimum atomic E-state index is 0.130. The van der Waals surface area contributed by atoms with E-state index >= 15 is 0 Å². The predicted molar refractivity (Wildman–Crippen MR) is 90.2 cm³/mol. The van der Waals surface area contributed by atoms with Gasteiger partial charge in [0, 0.05) is 23.7 Å². The van der Waals surface area contributed by atoms with Crippen LogP contribution in [0.5, 0.6) is 0 Å². The number of fused-ring (bicyclic) bond motifs is 1. The minimum Gasteiger partial charge on any atom is -0.248 e. The highest BCUT2D eigenvalue weighted by Gasteiger charge is 2.21. The molecule has 6 heteroatoms. The molecule has 0 aliphatic heterocycles. The van der Waals surface area contributed by atoms with Gasteiger partial charge >= 0.3 is 0 Å². The van der Waals surface area contributed by atoms with E-state index in [0.29, 0.717) is 10.7 Å². The summed E-state index contributed by atoms with van der Waals surface area (Å²) in [6.07, 6.45) is 3.41. The van der Waals surface area contributed by atoms with Crippen molar-refractivity contribution in [2.24, 2.45) is 0 Å². The molecule has 5 nitrogen and oxygen atoms in total. The summed E-state index contributed by atoms with van der Waals surface area (Å²) in [7, 11) is 0. The molecule has 0 radical (unpaired) electrons. The summed E-state index contributed by atoms with van der Waals surface area (Å²) in [5.74, 6) is 0.130. The summed E-state index contributed by atoms with van der Waals surface area (Å²) in [5, 5.41) is 15.4. The Labute approximate surface area is 139 Å². The molecule has 0 bridgehead atoms. The number of halogens is 1. The molecule has 0 aromatic carbocycles. The van der Waals surface area contributed by atoms with Gasteiger partial charge in [0.25, 0.3) is 0 Å². The summed E-state index contributed by atoms with van der Waals surface area (Å²) < 4.78 is 1.84. The maximum Gasteiger partial charge on any atom is 0.158 e. The smallest absolute Gasteiger partial charge is 0.158 e. The van der Waals surface area contributed by atoms with Gasteiger partial charge in [-0.1, -0.05) is 25.4 Å². The Kier molecular flexibility index (Phi) is 4.01. The Balaban J connectivity index is 2.47. The number of hydrogen-bond donors (Lipinski definition) is 0. The van der Waals surface area contributed by atoms with E-state index in [-0.39, 0.29) is 5.92 Å². The van der Waals surface area contributed by atoms with Gasteiger partial charge in [-0.05, 0) is 30.5 Å². The first-order valence-corrected chi connectivity index (χ1v) is 7.86. The zero-order valence-corrected chi connectivity index (χ0v) is 14.0. The van der Waals surface area contributed by atoms with Gasteiger partial charge in [0.15, 0.2) is 5.65 Å². The average molecular weight is 326 g/mol. The second-order valence-corrected chi connectivity index (χ2v) is 5.97. The van der Waals surface area contributed by atoms with Gasteiger partial charge in [-0.15, -0.1) is 0 Å². The predicted octanol–water partition coefficient (Wildman–Crippen LogP) is 4.16. The monoisotopic (exact) mass is 325 g/mol. The van der Waals surface area contributed by atoms with Gasteiger partial charge < -0.3 is 0 Å². The van der Waals surface area contributed by atoms with Crippen molar-refractivity contribution in [2.75, 3.05) is 0 Å². The molecular weight excluding hydrogens is 310 g/mol. The molecule has 3 aromatic rings. The normalized spacial score (nSPS) is 11.1. The number of aryl methyl sites for hydroxylation is 1. The highest BCUT2D eigenvalue weighted by atomic mass is 35.5. The first-order valence-electron chi connectivity index (χ1n) is 7.48. The van der Waals surface area contributed by atoms with Crippen LogP contribution in [0.1, 0.15) is 37.9 Å². The largest absolute Gasteiger partial charge is 0.248 e. The van der Waals surface area contributed by atoms with Gasteiger partial charge in [-0.3, -0.25) is 0 Å². The fraction of sp³-hybridized carbons (Fsp3) is 0.294. The van der Waals surface area contributed by atoms with E-state index in [2.05, 4.69) is 16.2 Å². The van der Waals surface area contributed by atoms with Crippen molar-refractivity contribution in [1.82, 2.24) is 19.7 Å².